The fourth-order valence-corrected chi connectivity index (χ4v) is 2.81. The summed E-state index contributed by atoms with van der Waals surface area (Å²) >= 11 is 6.05. The monoisotopic (exact) mass is 318 g/mol. The van der Waals surface area contributed by atoms with Crippen LogP contribution in [-0.2, 0) is 0 Å². The zero-order valence-corrected chi connectivity index (χ0v) is 12.7. The van der Waals surface area contributed by atoms with Crippen molar-refractivity contribution in [3.05, 3.63) is 58.9 Å². The van der Waals surface area contributed by atoms with Crippen molar-refractivity contribution in [1.29, 1.82) is 0 Å². The summed E-state index contributed by atoms with van der Waals surface area (Å²) in [4.78, 5) is 14.5. The van der Waals surface area contributed by atoms with E-state index in [-0.39, 0.29) is 11.7 Å². The number of benzene rings is 2. The van der Waals surface area contributed by atoms with Gasteiger partial charge in [-0.15, -0.1) is 0 Å². The van der Waals surface area contributed by atoms with Gasteiger partial charge in [0.2, 0.25) is 0 Å². The van der Waals surface area contributed by atoms with Gasteiger partial charge in [0.05, 0.1) is 11.4 Å². The second kappa shape index (κ2) is 6.36. The van der Waals surface area contributed by atoms with Crippen LogP contribution < -0.4 is 10.2 Å². The van der Waals surface area contributed by atoms with E-state index in [0.717, 1.165) is 31.6 Å². The lowest BCUT2D eigenvalue weighted by Gasteiger charge is -2.22. The van der Waals surface area contributed by atoms with Crippen LogP contribution in [0, 0.1) is 5.82 Å². The van der Waals surface area contributed by atoms with Crippen molar-refractivity contribution in [1.82, 2.24) is 0 Å². The van der Waals surface area contributed by atoms with E-state index in [4.69, 9.17) is 11.6 Å². The molecule has 22 heavy (non-hydrogen) atoms. The zero-order valence-electron chi connectivity index (χ0n) is 12.0. The molecule has 1 heterocycles. The minimum absolute atomic E-state index is 0.275. The molecule has 2 aromatic carbocycles. The number of anilines is 2. The minimum Gasteiger partial charge on any atom is -0.370 e. The number of rotatable bonds is 3. The van der Waals surface area contributed by atoms with E-state index in [0.29, 0.717) is 16.3 Å². The summed E-state index contributed by atoms with van der Waals surface area (Å²) in [5, 5.41) is 3.44. The average Bonchev–Trinajstić information content (AvgIpc) is 3.02. The highest BCUT2D eigenvalue weighted by Crippen LogP contribution is 2.31. The van der Waals surface area contributed by atoms with Crippen LogP contribution in [0.4, 0.5) is 15.8 Å². The van der Waals surface area contributed by atoms with E-state index in [2.05, 4.69) is 10.2 Å². The highest BCUT2D eigenvalue weighted by Gasteiger charge is 2.17. The van der Waals surface area contributed by atoms with Crippen molar-refractivity contribution in [3.8, 4) is 0 Å². The van der Waals surface area contributed by atoms with Crippen molar-refractivity contribution in [2.45, 2.75) is 12.8 Å². The van der Waals surface area contributed by atoms with Gasteiger partial charge in [-0.2, -0.15) is 0 Å². The molecular weight excluding hydrogens is 303 g/mol. The molecule has 0 atom stereocenters. The van der Waals surface area contributed by atoms with Crippen LogP contribution in [-0.4, -0.2) is 19.0 Å². The van der Waals surface area contributed by atoms with Crippen molar-refractivity contribution in [2.75, 3.05) is 23.3 Å². The number of carbonyl (C=O) groups excluding carboxylic acids is 1. The maximum absolute atomic E-state index is 12.9. The summed E-state index contributed by atoms with van der Waals surface area (Å²) in [7, 11) is 0. The first kappa shape index (κ1) is 14.9. The molecule has 0 spiro atoms. The number of nitrogens with one attached hydrogen (secondary N) is 1. The standard InChI is InChI=1S/C17H16ClFN2O/c18-13-5-8-16(21-9-1-2-10-21)15(11-13)20-17(22)12-3-6-14(19)7-4-12/h3-8,11H,1-2,9-10H2,(H,20,22). The van der Waals surface area contributed by atoms with Gasteiger partial charge in [-0.1, -0.05) is 11.6 Å². The van der Waals surface area contributed by atoms with Crippen molar-refractivity contribution < 1.29 is 9.18 Å². The molecule has 0 unspecified atom stereocenters. The third-order valence-corrected chi connectivity index (χ3v) is 4.00. The van der Waals surface area contributed by atoms with E-state index in [1.54, 1.807) is 6.07 Å². The summed E-state index contributed by atoms with van der Waals surface area (Å²) in [5.41, 5.74) is 2.06. The molecule has 2 aromatic rings. The molecule has 0 radical (unpaired) electrons. The fraction of sp³-hybridized carbons (Fsp3) is 0.235. The predicted octanol–water partition coefficient (Wildman–Crippen LogP) is 4.33. The fourth-order valence-electron chi connectivity index (χ4n) is 2.64. The number of carbonyl (C=O) groups is 1. The van der Waals surface area contributed by atoms with Crippen LogP contribution in [0.15, 0.2) is 42.5 Å². The molecule has 1 amide bonds. The summed E-state index contributed by atoms with van der Waals surface area (Å²) < 4.78 is 12.9. The number of hydrogen-bond acceptors (Lipinski definition) is 2. The SMILES string of the molecule is O=C(Nc1cc(Cl)ccc1N1CCCC1)c1ccc(F)cc1. The first-order valence-corrected chi connectivity index (χ1v) is 7.63. The Morgan fingerprint density at radius 3 is 2.45 bits per heavy atom. The van der Waals surface area contributed by atoms with Crippen LogP contribution in [0.3, 0.4) is 0 Å². The Labute approximate surface area is 133 Å². The highest BCUT2D eigenvalue weighted by molar-refractivity contribution is 6.31. The van der Waals surface area contributed by atoms with Gasteiger partial charge in [0, 0.05) is 23.7 Å². The lowest BCUT2D eigenvalue weighted by Crippen LogP contribution is -2.21. The number of nitrogens with zero attached hydrogens (tertiary/aromatic N) is 1. The maximum atomic E-state index is 12.9. The van der Waals surface area contributed by atoms with Crippen LogP contribution in [0.2, 0.25) is 5.02 Å². The second-order valence-corrected chi connectivity index (χ2v) is 5.75. The van der Waals surface area contributed by atoms with Gasteiger partial charge in [0.1, 0.15) is 5.82 Å². The average molecular weight is 319 g/mol. The quantitative estimate of drug-likeness (QED) is 0.913. The van der Waals surface area contributed by atoms with Gasteiger partial charge >= 0.3 is 0 Å². The molecule has 5 heteroatoms. The summed E-state index contributed by atoms with van der Waals surface area (Å²) in [5.74, 6) is -0.639. The van der Waals surface area contributed by atoms with Crippen LogP contribution in [0.25, 0.3) is 0 Å². The Hall–Kier alpha value is -2.07. The van der Waals surface area contributed by atoms with Crippen molar-refractivity contribution in [2.24, 2.45) is 0 Å². The van der Waals surface area contributed by atoms with E-state index in [1.165, 1.54) is 24.3 Å². The molecule has 0 bridgehead atoms. The lowest BCUT2D eigenvalue weighted by atomic mass is 10.2. The van der Waals surface area contributed by atoms with E-state index in [9.17, 15) is 9.18 Å². The molecule has 0 aromatic heterocycles. The predicted molar refractivity (Wildman–Crippen MR) is 87.3 cm³/mol. The smallest absolute Gasteiger partial charge is 0.255 e. The maximum Gasteiger partial charge on any atom is 0.255 e. The Kier molecular flexibility index (Phi) is 4.29. The third kappa shape index (κ3) is 3.22. The molecule has 0 aliphatic carbocycles. The largest absolute Gasteiger partial charge is 0.370 e. The zero-order chi connectivity index (χ0) is 15.5. The van der Waals surface area contributed by atoms with Crippen molar-refractivity contribution >= 4 is 28.9 Å². The minimum atomic E-state index is -0.364. The molecular formula is C17H16ClFN2O. The van der Waals surface area contributed by atoms with Crippen LogP contribution in [0.5, 0.6) is 0 Å². The molecule has 1 aliphatic heterocycles. The van der Waals surface area contributed by atoms with Gasteiger partial charge in [0.15, 0.2) is 0 Å². The van der Waals surface area contributed by atoms with Gasteiger partial charge in [-0.25, -0.2) is 4.39 Å². The van der Waals surface area contributed by atoms with E-state index >= 15 is 0 Å². The summed E-state index contributed by atoms with van der Waals surface area (Å²) in [6, 6.07) is 11.0. The van der Waals surface area contributed by atoms with Crippen LogP contribution >= 0.6 is 11.6 Å². The first-order chi connectivity index (χ1) is 10.6. The highest BCUT2D eigenvalue weighted by atomic mass is 35.5. The second-order valence-electron chi connectivity index (χ2n) is 5.32. The lowest BCUT2D eigenvalue weighted by molar-refractivity contribution is 0.102. The van der Waals surface area contributed by atoms with Gasteiger partial charge in [-0.05, 0) is 55.3 Å². The van der Waals surface area contributed by atoms with Gasteiger partial charge < -0.3 is 10.2 Å². The Morgan fingerprint density at radius 1 is 1.09 bits per heavy atom. The first-order valence-electron chi connectivity index (χ1n) is 7.25. The number of halogens is 2. The Morgan fingerprint density at radius 2 is 1.77 bits per heavy atom. The molecule has 1 N–H and O–H groups in total. The van der Waals surface area contributed by atoms with Gasteiger partial charge in [-0.3, -0.25) is 4.79 Å². The van der Waals surface area contributed by atoms with Crippen molar-refractivity contribution in [3.63, 3.8) is 0 Å². The topological polar surface area (TPSA) is 32.3 Å². The van der Waals surface area contributed by atoms with E-state index in [1.807, 2.05) is 12.1 Å². The molecule has 3 rings (SSSR count). The third-order valence-electron chi connectivity index (χ3n) is 3.76. The number of amides is 1. The molecule has 114 valence electrons. The molecule has 1 fully saturated rings. The summed E-state index contributed by atoms with van der Waals surface area (Å²) in [6.07, 6.45) is 2.29. The molecule has 1 saturated heterocycles. The number of hydrogen-bond donors (Lipinski definition) is 1. The molecule has 0 saturated carbocycles. The normalized spacial score (nSPS) is 14.2. The Bertz CT molecular complexity index is 682. The molecule has 3 nitrogen and oxygen atoms in total. The van der Waals surface area contributed by atoms with Gasteiger partial charge in [0.25, 0.3) is 5.91 Å². The molecule has 1 aliphatic rings. The van der Waals surface area contributed by atoms with Crippen LogP contribution in [0.1, 0.15) is 23.2 Å². The summed E-state index contributed by atoms with van der Waals surface area (Å²) in [6.45, 7) is 1.95. The van der Waals surface area contributed by atoms with E-state index < -0.39 is 0 Å². The Balaban J connectivity index is 1.85.